The molecule has 19 heavy (non-hydrogen) atoms. The van der Waals surface area contributed by atoms with Crippen molar-refractivity contribution >= 4 is 11.7 Å². The van der Waals surface area contributed by atoms with Gasteiger partial charge in [-0.05, 0) is 26.0 Å². The maximum atomic E-state index is 12.0. The van der Waals surface area contributed by atoms with Crippen molar-refractivity contribution in [3.05, 3.63) is 30.3 Å². The summed E-state index contributed by atoms with van der Waals surface area (Å²) >= 11 is 0. The second-order valence-electron chi connectivity index (χ2n) is 4.16. The van der Waals surface area contributed by atoms with E-state index in [0.717, 1.165) is 5.69 Å². The van der Waals surface area contributed by atoms with E-state index in [-0.39, 0.29) is 5.97 Å². The first-order valence-electron chi connectivity index (χ1n) is 6.55. The summed E-state index contributed by atoms with van der Waals surface area (Å²) in [6.45, 7) is 4.59. The van der Waals surface area contributed by atoms with Gasteiger partial charge in [0.05, 0.1) is 12.3 Å². The van der Waals surface area contributed by atoms with Gasteiger partial charge in [-0.1, -0.05) is 18.2 Å². The Morgan fingerprint density at radius 3 is 2.68 bits per heavy atom. The van der Waals surface area contributed by atoms with Crippen molar-refractivity contribution in [2.24, 2.45) is 0 Å². The number of hydroxylamine groups is 1. The van der Waals surface area contributed by atoms with Crippen LogP contribution in [-0.2, 0) is 19.1 Å². The molecule has 2 rings (SSSR count). The molecule has 0 saturated carbocycles. The van der Waals surface area contributed by atoms with Crippen LogP contribution in [0.3, 0.4) is 0 Å². The third-order valence-electron chi connectivity index (χ3n) is 2.85. The summed E-state index contributed by atoms with van der Waals surface area (Å²) in [5.41, 5.74) is 0.822. The first kappa shape index (κ1) is 13.8. The van der Waals surface area contributed by atoms with Gasteiger partial charge >= 0.3 is 5.97 Å². The zero-order chi connectivity index (χ0) is 13.7. The standard InChI is InChI=1S/C14H19NO4/c1-3-17-13-10-12(14(16)18-4-2)15(19-13)11-8-6-5-7-9-11/h5-9,12-13H,3-4,10H2,1-2H3. The number of rotatable bonds is 5. The molecule has 5 nitrogen and oxygen atoms in total. The second kappa shape index (κ2) is 6.54. The van der Waals surface area contributed by atoms with E-state index < -0.39 is 12.3 Å². The Kier molecular flexibility index (Phi) is 4.76. The molecule has 1 heterocycles. The minimum Gasteiger partial charge on any atom is -0.464 e. The third-order valence-corrected chi connectivity index (χ3v) is 2.85. The van der Waals surface area contributed by atoms with Crippen LogP contribution in [0.15, 0.2) is 30.3 Å². The van der Waals surface area contributed by atoms with E-state index in [9.17, 15) is 4.79 Å². The number of nitrogens with zero attached hydrogens (tertiary/aromatic N) is 1. The topological polar surface area (TPSA) is 48.0 Å². The van der Waals surface area contributed by atoms with Crippen LogP contribution >= 0.6 is 0 Å². The number of carbonyl (C=O) groups is 1. The quantitative estimate of drug-likeness (QED) is 0.763. The largest absolute Gasteiger partial charge is 0.464 e. The fourth-order valence-corrected chi connectivity index (χ4v) is 2.05. The molecule has 0 spiro atoms. The average molecular weight is 265 g/mol. The van der Waals surface area contributed by atoms with Gasteiger partial charge in [0, 0.05) is 13.0 Å². The van der Waals surface area contributed by atoms with Gasteiger partial charge < -0.3 is 9.47 Å². The molecule has 2 unspecified atom stereocenters. The SMILES string of the molecule is CCOC(=O)C1CC(OCC)ON1c1ccccc1. The van der Waals surface area contributed by atoms with Gasteiger partial charge in [-0.3, -0.25) is 0 Å². The molecular weight excluding hydrogens is 246 g/mol. The van der Waals surface area contributed by atoms with E-state index in [1.165, 1.54) is 0 Å². The van der Waals surface area contributed by atoms with Crippen LogP contribution in [0.1, 0.15) is 20.3 Å². The van der Waals surface area contributed by atoms with Gasteiger partial charge in [-0.25, -0.2) is 14.7 Å². The molecule has 1 aromatic carbocycles. The van der Waals surface area contributed by atoms with Crippen molar-refractivity contribution in [2.75, 3.05) is 18.3 Å². The minimum atomic E-state index is -0.459. The molecule has 0 aliphatic carbocycles. The van der Waals surface area contributed by atoms with Crippen molar-refractivity contribution in [3.8, 4) is 0 Å². The average Bonchev–Trinajstić information content (AvgIpc) is 2.85. The molecule has 1 aliphatic rings. The summed E-state index contributed by atoms with van der Waals surface area (Å²) in [7, 11) is 0. The molecule has 0 bridgehead atoms. The van der Waals surface area contributed by atoms with Crippen LogP contribution in [0.4, 0.5) is 5.69 Å². The first-order valence-corrected chi connectivity index (χ1v) is 6.55. The van der Waals surface area contributed by atoms with Gasteiger partial charge in [-0.2, -0.15) is 0 Å². The van der Waals surface area contributed by atoms with E-state index in [4.69, 9.17) is 14.3 Å². The normalized spacial score (nSPS) is 22.5. The van der Waals surface area contributed by atoms with Crippen molar-refractivity contribution in [1.82, 2.24) is 0 Å². The molecule has 0 amide bonds. The maximum Gasteiger partial charge on any atom is 0.331 e. The highest BCUT2D eigenvalue weighted by Crippen LogP contribution is 2.29. The summed E-state index contributed by atoms with van der Waals surface area (Å²) in [5, 5.41) is 1.58. The van der Waals surface area contributed by atoms with Crippen LogP contribution in [0.2, 0.25) is 0 Å². The summed E-state index contributed by atoms with van der Waals surface area (Å²) in [6.07, 6.45) is 0.0706. The Hall–Kier alpha value is -1.59. The minimum absolute atomic E-state index is 0.284. The number of hydrogen-bond donors (Lipinski definition) is 0. The summed E-state index contributed by atoms with van der Waals surface area (Å²) in [5.74, 6) is -0.284. The number of esters is 1. The number of carbonyl (C=O) groups excluding carboxylic acids is 1. The lowest BCUT2D eigenvalue weighted by Gasteiger charge is -2.22. The van der Waals surface area contributed by atoms with Gasteiger partial charge in [0.15, 0.2) is 12.3 Å². The monoisotopic (exact) mass is 265 g/mol. The van der Waals surface area contributed by atoms with Crippen molar-refractivity contribution in [1.29, 1.82) is 0 Å². The predicted octanol–water partition coefficient (Wildman–Crippen LogP) is 2.12. The Bertz CT molecular complexity index is 409. The molecule has 5 heteroatoms. The number of anilines is 1. The molecular formula is C14H19NO4. The Morgan fingerprint density at radius 2 is 2.05 bits per heavy atom. The van der Waals surface area contributed by atoms with E-state index in [0.29, 0.717) is 19.6 Å². The molecule has 104 valence electrons. The smallest absolute Gasteiger partial charge is 0.331 e. The number of hydrogen-bond acceptors (Lipinski definition) is 5. The Labute approximate surface area is 113 Å². The Balaban J connectivity index is 2.15. The van der Waals surface area contributed by atoms with Gasteiger partial charge in [-0.15, -0.1) is 0 Å². The van der Waals surface area contributed by atoms with Crippen LogP contribution in [0, 0.1) is 0 Å². The van der Waals surface area contributed by atoms with E-state index in [1.807, 2.05) is 37.3 Å². The molecule has 2 atom stereocenters. The lowest BCUT2D eigenvalue weighted by Crippen LogP contribution is -2.36. The lowest BCUT2D eigenvalue weighted by molar-refractivity contribution is -0.145. The molecule has 1 fully saturated rings. The summed E-state index contributed by atoms with van der Waals surface area (Å²) in [6, 6.07) is 9.03. The lowest BCUT2D eigenvalue weighted by atomic mass is 10.2. The highest BCUT2D eigenvalue weighted by Gasteiger charge is 2.40. The van der Waals surface area contributed by atoms with E-state index >= 15 is 0 Å². The molecule has 1 aliphatic heterocycles. The van der Waals surface area contributed by atoms with Gasteiger partial charge in [0.1, 0.15) is 0 Å². The van der Waals surface area contributed by atoms with Gasteiger partial charge in [0.2, 0.25) is 0 Å². The van der Waals surface area contributed by atoms with Crippen molar-refractivity contribution < 1.29 is 19.1 Å². The Morgan fingerprint density at radius 1 is 1.32 bits per heavy atom. The van der Waals surface area contributed by atoms with Crippen molar-refractivity contribution in [2.45, 2.75) is 32.6 Å². The maximum absolute atomic E-state index is 12.0. The highest BCUT2D eigenvalue weighted by atomic mass is 16.8. The number of ether oxygens (including phenoxy) is 2. The summed E-state index contributed by atoms with van der Waals surface area (Å²) in [4.78, 5) is 17.7. The predicted molar refractivity (Wildman–Crippen MR) is 70.5 cm³/mol. The van der Waals surface area contributed by atoms with Crippen molar-refractivity contribution in [3.63, 3.8) is 0 Å². The van der Waals surface area contributed by atoms with E-state index in [1.54, 1.807) is 12.0 Å². The zero-order valence-corrected chi connectivity index (χ0v) is 11.2. The van der Waals surface area contributed by atoms with Gasteiger partial charge in [0.25, 0.3) is 0 Å². The van der Waals surface area contributed by atoms with Crippen LogP contribution in [0.25, 0.3) is 0 Å². The highest BCUT2D eigenvalue weighted by molar-refractivity contribution is 5.80. The van der Waals surface area contributed by atoms with Crippen LogP contribution in [0.5, 0.6) is 0 Å². The van der Waals surface area contributed by atoms with Crippen LogP contribution < -0.4 is 5.06 Å². The fourth-order valence-electron chi connectivity index (χ4n) is 2.05. The molecule has 0 N–H and O–H groups in total. The fraction of sp³-hybridized carbons (Fsp3) is 0.500. The first-order chi connectivity index (χ1) is 9.26. The molecule has 1 saturated heterocycles. The number of benzene rings is 1. The third kappa shape index (κ3) is 3.24. The molecule has 0 radical (unpaired) electrons. The molecule has 0 aromatic heterocycles. The second-order valence-corrected chi connectivity index (χ2v) is 4.16. The molecule has 1 aromatic rings. The van der Waals surface area contributed by atoms with E-state index in [2.05, 4.69) is 0 Å². The summed E-state index contributed by atoms with van der Waals surface area (Å²) < 4.78 is 10.5. The zero-order valence-electron chi connectivity index (χ0n) is 11.2. The van der Waals surface area contributed by atoms with Crippen LogP contribution in [-0.4, -0.2) is 31.5 Å². The number of para-hydroxylation sites is 1.